The first-order valence-electron chi connectivity index (χ1n) is 11.5. The maximum absolute atomic E-state index is 13.1. The van der Waals surface area contributed by atoms with Gasteiger partial charge in [-0.1, -0.05) is 25.5 Å². The molecule has 1 N–H and O–H groups in total. The fourth-order valence-electron chi connectivity index (χ4n) is 4.49. The largest absolute Gasteiger partial charge is 0.325 e. The van der Waals surface area contributed by atoms with E-state index >= 15 is 0 Å². The van der Waals surface area contributed by atoms with Gasteiger partial charge in [0.2, 0.25) is 21.8 Å². The van der Waals surface area contributed by atoms with Gasteiger partial charge in [-0.3, -0.25) is 9.59 Å². The highest BCUT2D eigenvalue weighted by Gasteiger charge is 2.37. The van der Waals surface area contributed by atoms with E-state index in [4.69, 9.17) is 0 Å². The molecule has 33 heavy (non-hydrogen) atoms. The predicted molar refractivity (Wildman–Crippen MR) is 129 cm³/mol. The first kappa shape index (κ1) is 23.4. The number of likely N-dealkylation sites (N-methyl/N-ethyl adjacent to an activating group) is 1. The Morgan fingerprint density at radius 1 is 1.15 bits per heavy atom. The molecule has 0 bridgehead atoms. The molecule has 0 unspecified atom stereocenters. The van der Waals surface area contributed by atoms with Crippen LogP contribution >= 0.6 is 0 Å². The first-order valence-corrected chi connectivity index (χ1v) is 13.0. The molecule has 4 rings (SSSR count). The lowest BCUT2D eigenvalue weighted by atomic mass is 9.84. The van der Waals surface area contributed by atoms with Gasteiger partial charge in [-0.2, -0.15) is 4.31 Å². The van der Waals surface area contributed by atoms with Crippen molar-refractivity contribution in [3.63, 3.8) is 0 Å². The van der Waals surface area contributed by atoms with Crippen LogP contribution in [0.25, 0.3) is 0 Å². The lowest BCUT2D eigenvalue weighted by Crippen LogP contribution is -2.42. The zero-order valence-corrected chi connectivity index (χ0v) is 20.2. The monoisotopic (exact) mass is 469 g/mol. The van der Waals surface area contributed by atoms with Crippen molar-refractivity contribution in [3.05, 3.63) is 53.6 Å². The normalized spacial score (nSPS) is 18.2. The third-order valence-corrected chi connectivity index (χ3v) is 8.45. The number of carbonyl (C=O) groups is 2. The van der Waals surface area contributed by atoms with Gasteiger partial charge in [0.05, 0.1) is 11.4 Å². The lowest BCUT2D eigenvalue weighted by molar-refractivity contribution is -0.125. The number of sulfonamides is 1. The number of carbonyl (C=O) groups excluding carboxylic acids is 2. The molecule has 8 heteroatoms. The summed E-state index contributed by atoms with van der Waals surface area (Å²) >= 11 is 0. The van der Waals surface area contributed by atoms with Crippen LogP contribution in [0.15, 0.2) is 47.4 Å². The van der Waals surface area contributed by atoms with Crippen LogP contribution in [0.2, 0.25) is 0 Å². The smallest absolute Gasteiger partial charge is 0.243 e. The molecule has 2 amide bonds. The number of nitrogens with one attached hydrogen (secondary N) is 1. The SMILES string of the molecule is CCc1cccc(NC(=O)CN(C)S(=O)(=O)c2ccc3c(c2)C[C@@H](C)N3C(=O)C2CCC2)c1. The van der Waals surface area contributed by atoms with Crippen LogP contribution in [0.5, 0.6) is 0 Å². The van der Waals surface area contributed by atoms with Crippen LogP contribution in [0.4, 0.5) is 11.4 Å². The van der Waals surface area contributed by atoms with Gasteiger partial charge in [0.25, 0.3) is 0 Å². The molecule has 7 nitrogen and oxygen atoms in total. The summed E-state index contributed by atoms with van der Waals surface area (Å²) < 4.78 is 27.4. The molecule has 1 aliphatic heterocycles. The Morgan fingerprint density at radius 2 is 1.91 bits per heavy atom. The quantitative estimate of drug-likeness (QED) is 0.671. The van der Waals surface area contributed by atoms with E-state index in [0.717, 1.165) is 46.8 Å². The van der Waals surface area contributed by atoms with Gasteiger partial charge in [0.1, 0.15) is 0 Å². The summed E-state index contributed by atoms with van der Waals surface area (Å²) in [6.07, 6.45) is 4.42. The number of aryl methyl sites for hydroxylation is 1. The van der Waals surface area contributed by atoms with E-state index in [9.17, 15) is 18.0 Å². The second-order valence-corrected chi connectivity index (χ2v) is 11.1. The maximum atomic E-state index is 13.1. The fraction of sp³-hybridized carbons (Fsp3) is 0.440. The van der Waals surface area contributed by atoms with E-state index < -0.39 is 15.9 Å². The number of benzene rings is 2. The molecule has 0 spiro atoms. The Hall–Kier alpha value is -2.71. The summed E-state index contributed by atoms with van der Waals surface area (Å²) in [5.41, 5.74) is 3.39. The summed E-state index contributed by atoms with van der Waals surface area (Å²) in [5.74, 6) is -0.171. The second-order valence-electron chi connectivity index (χ2n) is 9.04. The maximum Gasteiger partial charge on any atom is 0.243 e. The fourth-order valence-corrected chi connectivity index (χ4v) is 5.67. The van der Waals surface area contributed by atoms with Crippen molar-refractivity contribution < 1.29 is 18.0 Å². The minimum atomic E-state index is -3.86. The summed E-state index contributed by atoms with van der Waals surface area (Å²) in [6.45, 7) is 3.73. The van der Waals surface area contributed by atoms with Crippen molar-refractivity contribution in [2.75, 3.05) is 23.8 Å². The third kappa shape index (κ3) is 4.68. The highest BCUT2D eigenvalue weighted by molar-refractivity contribution is 7.89. The molecular formula is C25H31N3O4S. The Kier molecular flexibility index (Phi) is 6.59. The van der Waals surface area contributed by atoms with E-state index in [1.165, 1.54) is 13.1 Å². The minimum absolute atomic E-state index is 0.00782. The molecule has 1 heterocycles. The van der Waals surface area contributed by atoms with Gasteiger partial charge in [0.15, 0.2) is 0 Å². The molecule has 1 atom stereocenters. The average Bonchev–Trinajstić information content (AvgIpc) is 3.07. The van der Waals surface area contributed by atoms with Gasteiger partial charge in [-0.25, -0.2) is 8.42 Å². The van der Waals surface area contributed by atoms with Gasteiger partial charge in [-0.15, -0.1) is 0 Å². The highest BCUT2D eigenvalue weighted by atomic mass is 32.2. The molecule has 0 saturated heterocycles. The van der Waals surface area contributed by atoms with Gasteiger partial charge < -0.3 is 10.2 Å². The van der Waals surface area contributed by atoms with E-state index in [2.05, 4.69) is 5.32 Å². The zero-order chi connectivity index (χ0) is 23.8. The van der Waals surface area contributed by atoms with Crippen LogP contribution < -0.4 is 10.2 Å². The van der Waals surface area contributed by atoms with E-state index in [-0.39, 0.29) is 29.3 Å². The minimum Gasteiger partial charge on any atom is -0.325 e. The van der Waals surface area contributed by atoms with Crippen LogP contribution in [-0.4, -0.2) is 44.2 Å². The molecule has 2 aliphatic rings. The topological polar surface area (TPSA) is 86.8 Å². The number of amides is 2. The molecule has 1 saturated carbocycles. The molecule has 2 aromatic rings. The zero-order valence-electron chi connectivity index (χ0n) is 19.4. The summed E-state index contributed by atoms with van der Waals surface area (Å²) in [6, 6.07) is 12.4. The Morgan fingerprint density at radius 3 is 2.58 bits per heavy atom. The van der Waals surface area contributed by atoms with Crippen LogP contribution in [0.3, 0.4) is 0 Å². The van der Waals surface area contributed by atoms with Crippen molar-refractivity contribution in [2.45, 2.75) is 56.9 Å². The summed E-state index contributed by atoms with van der Waals surface area (Å²) in [5, 5.41) is 2.77. The van der Waals surface area contributed by atoms with Crippen LogP contribution in [-0.2, 0) is 32.5 Å². The Bertz CT molecular complexity index is 1170. The predicted octanol–water partition coefficient (Wildman–Crippen LogP) is 3.59. The molecule has 1 aliphatic carbocycles. The van der Waals surface area contributed by atoms with Gasteiger partial charge in [0, 0.05) is 30.4 Å². The number of hydrogen-bond acceptors (Lipinski definition) is 4. The molecular weight excluding hydrogens is 438 g/mol. The number of rotatable bonds is 7. The second kappa shape index (κ2) is 9.27. The summed E-state index contributed by atoms with van der Waals surface area (Å²) in [4.78, 5) is 27.3. The average molecular weight is 470 g/mol. The molecule has 2 aromatic carbocycles. The molecule has 176 valence electrons. The number of hydrogen-bond donors (Lipinski definition) is 1. The standard InChI is InChI=1S/C25H31N3O4S/c1-4-18-7-5-10-21(14-18)26-24(29)16-27(3)33(31,32)22-11-12-23-20(15-22)13-17(2)28(23)25(30)19-8-6-9-19/h5,7,10-12,14-15,17,19H,4,6,8-9,13,16H2,1-3H3,(H,26,29)/t17-/m1/s1. The highest BCUT2D eigenvalue weighted by Crippen LogP contribution is 2.38. The summed E-state index contributed by atoms with van der Waals surface area (Å²) in [7, 11) is -2.45. The number of anilines is 2. The van der Waals surface area contributed by atoms with Crippen LogP contribution in [0.1, 0.15) is 44.2 Å². The molecule has 0 aromatic heterocycles. The lowest BCUT2D eigenvalue weighted by Gasteiger charge is -2.32. The van der Waals surface area contributed by atoms with E-state index in [1.54, 1.807) is 18.2 Å². The van der Waals surface area contributed by atoms with E-state index in [0.29, 0.717) is 12.1 Å². The molecule has 1 fully saturated rings. The Balaban J connectivity index is 1.47. The van der Waals surface area contributed by atoms with Crippen molar-refractivity contribution in [3.8, 4) is 0 Å². The van der Waals surface area contributed by atoms with Crippen molar-refractivity contribution in [2.24, 2.45) is 5.92 Å². The van der Waals surface area contributed by atoms with E-state index in [1.807, 2.05) is 36.9 Å². The number of fused-ring (bicyclic) bond motifs is 1. The van der Waals surface area contributed by atoms with Gasteiger partial charge in [-0.05, 0) is 74.1 Å². The Labute approximate surface area is 195 Å². The van der Waals surface area contributed by atoms with Crippen LogP contribution in [0, 0.1) is 5.92 Å². The van der Waals surface area contributed by atoms with Crippen molar-refractivity contribution in [1.29, 1.82) is 0 Å². The molecule has 0 radical (unpaired) electrons. The van der Waals surface area contributed by atoms with Crippen molar-refractivity contribution in [1.82, 2.24) is 4.31 Å². The van der Waals surface area contributed by atoms with Gasteiger partial charge >= 0.3 is 0 Å². The third-order valence-electron chi connectivity index (χ3n) is 6.65. The number of nitrogens with zero attached hydrogens (tertiary/aromatic N) is 2. The first-order chi connectivity index (χ1) is 15.7. The van der Waals surface area contributed by atoms with Crippen molar-refractivity contribution >= 4 is 33.2 Å².